The van der Waals surface area contributed by atoms with Gasteiger partial charge in [-0.15, -0.1) is 0 Å². The van der Waals surface area contributed by atoms with Crippen molar-refractivity contribution in [3.05, 3.63) is 24.0 Å². The van der Waals surface area contributed by atoms with E-state index in [9.17, 15) is 0 Å². The first-order valence-electron chi connectivity index (χ1n) is 6.50. The molecule has 2 N–H and O–H groups in total. The van der Waals surface area contributed by atoms with Gasteiger partial charge in [-0.05, 0) is 25.0 Å². The molecule has 96 valence electrons. The van der Waals surface area contributed by atoms with E-state index in [2.05, 4.69) is 17.6 Å². The van der Waals surface area contributed by atoms with Gasteiger partial charge in [0.2, 0.25) is 0 Å². The van der Waals surface area contributed by atoms with E-state index >= 15 is 0 Å². The molecule has 1 unspecified atom stereocenters. The number of benzene rings is 1. The first-order valence-corrected chi connectivity index (χ1v) is 6.50. The molecule has 0 bridgehead atoms. The van der Waals surface area contributed by atoms with Crippen LogP contribution in [0.5, 0.6) is 5.75 Å². The van der Waals surface area contributed by atoms with Crippen LogP contribution < -0.4 is 10.5 Å². The van der Waals surface area contributed by atoms with Crippen molar-refractivity contribution in [2.75, 3.05) is 13.7 Å². The minimum Gasteiger partial charge on any atom is -0.497 e. The molecule has 0 spiro atoms. The SMILES string of the molecule is COc1ccc2c(c1)nc(C(C)CN)n2C1CC1. The number of methoxy groups -OCH3 is 1. The van der Waals surface area contributed by atoms with Gasteiger partial charge in [-0.3, -0.25) is 0 Å². The van der Waals surface area contributed by atoms with Crippen LogP contribution >= 0.6 is 0 Å². The number of rotatable bonds is 4. The maximum absolute atomic E-state index is 5.79. The average Bonchev–Trinajstić information content (AvgIpc) is 3.17. The molecular formula is C14H19N3O. The Morgan fingerprint density at radius 1 is 1.50 bits per heavy atom. The predicted molar refractivity (Wildman–Crippen MR) is 72.0 cm³/mol. The molecular weight excluding hydrogens is 226 g/mol. The number of ether oxygens (including phenoxy) is 1. The monoisotopic (exact) mass is 245 g/mol. The molecule has 0 saturated heterocycles. The van der Waals surface area contributed by atoms with Crippen LogP contribution in [0.3, 0.4) is 0 Å². The molecule has 1 aromatic heterocycles. The second-order valence-electron chi connectivity index (χ2n) is 5.06. The molecule has 3 rings (SSSR count). The quantitative estimate of drug-likeness (QED) is 0.900. The Labute approximate surface area is 107 Å². The van der Waals surface area contributed by atoms with Crippen molar-refractivity contribution in [2.24, 2.45) is 5.73 Å². The van der Waals surface area contributed by atoms with Crippen LogP contribution in [0.1, 0.15) is 37.5 Å². The first kappa shape index (κ1) is 11.5. The van der Waals surface area contributed by atoms with E-state index in [4.69, 9.17) is 15.5 Å². The van der Waals surface area contributed by atoms with Crippen LogP contribution in [0.2, 0.25) is 0 Å². The Morgan fingerprint density at radius 3 is 2.89 bits per heavy atom. The molecule has 4 heteroatoms. The first-order chi connectivity index (χ1) is 8.74. The van der Waals surface area contributed by atoms with Crippen molar-refractivity contribution < 1.29 is 4.74 Å². The van der Waals surface area contributed by atoms with Crippen molar-refractivity contribution in [2.45, 2.75) is 31.7 Å². The van der Waals surface area contributed by atoms with Crippen LogP contribution in [-0.4, -0.2) is 23.2 Å². The molecule has 1 aromatic carbocycles. The lowest BCUT2D eigenvalue weighted by Gasteiger charge is -2.12. The fourth-order valence-electron chi connectivity index (χ4n) is 2.39. The Kier molecular flexibility index (Phi) is 2.74. The summed E-state index contributed by atoms with van der Waals surface area (Å²) in [5.74, 6) is 2.27. The highest BCUT2D eigenvalue weighted by Gasteiger charge is 2.29. The van der Waals surface area contributed by atoms with E-state index in [1.165, 1.54) is 18.4 Å². The molecule has 0 amide bonds. The van der Waals surface area contributed by atoms with Crippen LogP contribution in [-0.2, 0) is 0 Å². The largest absolute Gasteiger partial charge is 0.497 e. The van der Waals surface area contributed by atoms with E-state index in [0.717, 1.165) is 17.1 Å². The molecule has 4 nitrogen and oxygen atoms in total. The Balaban J connectivity index is 2.18. The van der Waals surface area contributed by atoms with E-state index < -0.39 is 0 Å². The van der Waals surface area contributed by atoms with Gasteiger partial charge in [0, 0.05) is 24.6 Å². The highest BCUT2D eigenvalue weighted by molar-refractivity contribution is 5.78. The fraction of sp³-hybridized carbons (Fsp3) is 0.500. The Bertz CT molecular complexity index is 572. The van der Waals surface area contributed by atoms with E-state index in [0.29, 0.717) is 18.5 Å². The second-order valence-corrected chi connectivity index (χ2v) is 5.06. The second kappa shape index (κ2) is 4.28. The van der Waals surface area contributed by atoms with E-state index in [-0.39, 0.29) is 0 Å². The molecule has 1 fully saturated rings. The third kappa shape index (κ3) is 1.77. The lowest BCUT2D eigenvalue weighted by Crippen LogP contribution is -2.14. The van der Waals surface area contributed by atoms with Gasteiger partial charge in [0.15, 0.2) is 0 Å². The summed E-state index contributed by atoms with van der Waals surface area (Å²) in [6.45, 7) is 2.77. The van der Waals surface area contributed by atoms with Crippen LogP contribution in [0.4, 0.5) is 0 Å². The predicted octanol–water partition coefficient (Wildman–Crippen LogP) is 2.44. The van der Waals surface area contributed by atoms with Crippen LogP contribution in [0, 0.1) is 0 Å². The topological polar surface area (TPSA) is 53.1 Å². The molecule has 1 heterocycles. The molecule has 0 radical (unpaired) electrons. The number of fused-ring (bicyclic) bond motifs is 1. The van der Waals surface area contributed by atoms with Gasteiger partial charge in [0.1, 0.15) is 11.6 Å². The highest BCUT2D eigenvalue weighted by Crippen LogP contribution is 2.40. The molecule has 1 aliphatic carbocycles. The van der Waals surface area contributed by atoms with Gasteiger partial charge >= 0.3 is 0 Å². The number of aromatic nitrogens is 2. The number of hydrogen-bond acceptors (Lipinski definition) is 3. The Morgan fingerprint density at radius 2 is 2.28 bits per heavy atom. The molecule has 2 aromatic rings. The lowest BCUT2D eigenvalue weighted by molar-refractivity contribution is 0.415. The normalized spacial score (nSPS) is 17.1. The van der Waals surface area contributed by atoms with Crippen molar-refractivity contribution in [1.29, 1.82) is 0 Å². The maximum atomic E-state index is 5.79. The summed E-state index contributed by atoms with van der Waals surface area (Å²) in [7, 11) is 1.68. The molecule has 0 aliphatic heterocycles. The van der Waals surface area contributed by atoms with Crippen LogP contribution in [0.15, 0.2) is 18.2 Å². The van der Waals surface area contributed by atoms with Crippen molar-refractivity contribution >= 4 is 11.0 Å². The summed E-state index contributed by atoms with van der Waals surface area (Å²) in [6.07, 6.45) is 2.50. The zero-order chi connectivity index (χ0) is 12.7. The van der Waals surface area contributed by atoms with Crippen molar-refractivity contribution in [3.63, 3.8) is 0 Å². The third-order valence-corrected chi connectivity index (χ3v) is 3.63. The van der Waals surface area contributed by atoms with Crippen molar-refractivity contribution in [1.82, 2.24) is 9.55 Å². The summed E-state index contributed by atoms with van der Waals surface area (Å²) >= 11 is 0. The number of imidazole rings is 1. The van der Waals surface area contributed by atoms with E-state index in [1.54, 1.807) is 7.11 Å². The molecule has 1 aliphatic rings. The maximum Gasteiger partial charge on any atom is 0.121 e. The molecule has 18 heavy (non-hydrogen) atoms. The summed E-state index contributed by atoms with van der Waals surface area (Å²) in [5, 5.41) is 0. The molecule has 1 saturated carbocycles. The van der Waals surface area contributed by atoms with Crippen LogP contribution in [0.25, 0.3) is 11.0 Å². The summed E-state index contributed by atoms with van der Waals surface area (Å²) < 4.78 is 7.63. The van der Waals surface area contributed by atoms with Crippen molar-refractivity contribution in [3.8, 4) is 5.75 Å². The zero-order valence-electron chi connectivity index (χ0n) is 10.9. The summed E-state index contributed by atoms with van der Waals surface area (Å²) in [6, 6.07) is 6.72. The van der Waals surface area contributed by atoms with Gasteiger partial charge in [-0.25, -0.2) is 4.98 Å². The van der Waals surface area contributed by atoms with E-state index in [1.807, 2.05) is 12.1 Å². The number of hydrogen-bond donors (Lipinski definition) is 1. The average molecular weight is 245 g/mol. The van der Waals surface area contributed by atoms with Gasteiger partial charge in [0.25, 0.3) is 0 Å². The van der Waals surface area contributed by atoms with Gasteiger partial charge in [-0.2, -0.15) is 0 Å². The lowest BCUT2D eigenvalue weighted by atomic mass is 10.1. The number of nitrogens with zero attached hydrogens (tertiary/aromatic N) is 2. The van der Waals surface area contributed by atoms with Gasteiger partial charge in [-0.1, -0.05) is 6.92 Å². The third-order valence-electron chi connectivity index (χ3n) is 3.63. The van der Waals surface area contributed by atoms with Gasteiger partial charge in [0.05, 0.1) is 18.1 Å². The highest BCUT2D eigenvalue weighted by atomic mass is 16.5. The minimum atomic E-state index is 0.295. The Hall–Kier alpha value is -1.55. The standard InChI is InChI=1S/C14H19N3O/c1-9(8-15)14-16-12-7-11(18-2)5-6-13(12)17(14)10-3-4-10/h5-7,9-10H,3-4,8,15H2,1-2H3. The number of nitrogens with two attached hydrogens (primary N) is 1. The fourth-order valence-corrected chi connectivity index (χ4v) is 2.39. The summed E-state index contributed by atoms with van der Waals surface area (Å²) in [5.41, 5.74) is 8.01. The van der Waals surface area contributed by atoms with Gasteiger partial charge < -0.3 is 15.0 Å². The zero-order valence-corrected chi connectivity index (χ0v) is 10.9. The smallest absolute Gasteiger partial charge is 0.121 e. The molecule has 1 atom stereocenters. The summed E-state index contributed by atoms with van der Waals surface area (Å²) in [4.78, 5) is 4.76. The minimum absolute atomic E-state index is 0.295.